The molecule has 22 heavy (non-hydrogen) atoms. The van der Waals surface area contributed by atoms with Crippen molar-refractivity contribution in [3.8, 4) is 0 Å². The molecule has 112 valence electrons. The highest BCUT2D eigenvalue weighted by atomic mass is 16.1. The van der Waals surface area contributed by atoms with Crippen molar-refractivity contribution in [2.24, 2.45) is 5.10 Å². The second-order valence-electron chi connectivity index (χ2n) is 4.81. The molecule has 2 aromatic heterocycles. The number of hydrazone groups is 1. The van der Waals surface area contributed by atoms with Crippen molar-refractivity contribution in [2.45, 2.75) is 20.4 Å². The van der Waals surface area contributed by atoms with E-state index in [0.29, 0.717) is 0 Å². The third-order valence-electron chi connectivity index (χ3n) is 3.53. The molecule has 2 heterocycles. The highest BCUT2D eigenvalue weighted by Gasteiger charge is 2.10. The largest absolute Gasteiger partial charge is 0.344 e. The molecule has 0 spiro atoms. The van der Waals surface area contributed by atoms with E-state index in [-0.39, 0.29) is 11.5 Å². The number of fused-ring (bicyclic) bond motifs is 1. The number of hydrogen-bond donors (Lipinski definition) is 2. The highest BCUT2D eigenvalue weighted by Crippen LogP contribution is 2.24. The average molecular weight is 296 g/mol. The Balaban J connectivity index is 1.95. The minimum atomic E-state index is -0.327. The number of aromatic amines is 1. The molecule has 0 aliphatic rings. The number of anilines is 1. The molecule has 3 aromatic rings. The molecule has 7 nitrogen and oxygen atoms in total. The maximum absolute atomic E-state index is 11.1. The van der Waals surface area contributed by atoms with E-state index in [1.54, 1.807) is 6.21 Å². The first-order valence-electron chi connectivity index (χ1n) is 6.99. The van der Waals surface area contributed by atoms with Gasteiger partial charge in [-0.25, -0.2) is 5.43 Å². The van der Waals surface area contributed by atoms with Crippen molar-refractivity contribution in [1.29, 1.82) is 0 Å². The van der Waals surface area contributed by atoms with Gasteiger partial charge in [0.25, 0.3) is 5.56 Å². The zero-order valence-electron chi connectivity index (χ0n) is 12.4. The third-order valence-corrected chi connectivity index (χ3v) is 3.53. The van der Waals surface area contributed by atoms with Gasteiger partial charge in [-0.2, -0.15) is 5.10 Å². The summed E-state index contributed by atoms with van der Waals surface area (Å²) < 4.78 is 2.24. The SMILES string of the molecule is CCn1c(C)c(/C=N/Nc2nncc(=O)[nH]2)c2ccccc21. The lowest BCUT2D eigenvalue weighted by Gasteiger charge is -2.03. The Morgan fingerprint density at radius 2 is 2.23 bits per heavy atom. The van der Waals surface area contributed by atoms with Gasteiger partial charge < -0.3 is 4.57 Å². The summed E-state index contributed by atoms with van der Waals surface area (Å²) in [6.45, 7) is 5.07. The van der Waals surface area contributed by atoms with Crippen LogP contribution in [0.1, 0.15) is 18.2 Å². The van der Waals surface area contributed by atoms with Gasteiger partial charge in [0.05, 0.1) is 6.21 Å². The van der Waals surface area contributed by atoms with Crippen LogP contribution in [-0.2, 0) is 6.54 Å². The van der Waals surface area contributed by atoms with Crippen LogP contribution in [-0.4, -0.2) is 26.0 Å². The molecule has 0 amide bonds. The fourth-order valence-electron chi connectivity index (χ4n) is 2.55. The van der Waals surface area contributed by atoms with Crippen LogP contribution in [0.2, 0.25) is 0 Å². The van der Waals surface area contributed by atoms with Gasteiger partial charge in [0.1, 0.15) is 6.20 Å². The van der Waals surface area contributed by atoms with E-state index in [1.807, 2.05) is 12.1 Å². The van der Waals surface area contributed by atoms with Crippen LogP contribution in [0.4, 0.5) is 5.95 Å². The smallest absolute Gasteiger partial charge is 0.271 e. The molecule has 0 saturated carbocycles. The first-order chi connectivity index (χ1) is 10.7. The predicted molar refractivity (Wildman–Crippen MR) is 86.2 cm³/mol. The Morgan fingerprint density at radius 3 is 3.00 bits per heavy atom. The van der Waals surface area contributed by atoms with Crippen LogP contribution in [0.15, 0.2) is 40.4 Å². The van der Waals surface area contributed by atoms with Gasteiger partial charge in [-0.1, -0.05) is 18.2 Å². The van der Waals surface area contributed by atoms with Gasteiger partial charge in [-0.15, -0.1) is 10.2 Å². The minimum absolute atomic E-state index is 0.209. The lowest BCUT2D eigenvalue weighted by Crippen LogP contribution is -2.10. The lowest BCUT2D eigenvalue weighted by atomic mass is 10.1. The van der Waals surface area contributed by atoms with Crippen LogP contribution in [0.3, 0.4) is 0 Å². The first-order valence-corrected chi connectivity index (χ1v) is 6.99. The summed E-state index contributed by atoms with van der Waals surface area (Å²) in [5, 5.41) is 12.6. The number of rotatable bonds is 4. The van der Waals surface area contributed by atoms with E-state index in [0.717, 1.165) is 29.4 Å². The number of aryl methyl sites for hydroxylation is 1. The molecular weight excluding hydrogens is 280 g/mol. The van der Waals surface area contributed by atoms with E-state index in [4.69, 9.17) is 0 Å². The summed E-state index contributed by atoms with van der Waals surface area (Å²) in [5.41, 5.74) is 5.71. The van der Waals surface area contributed by atoms with Crippen LogP contribution in [0.5, 0.6) is 0 Å². The van der Waals surface area contributed by atoms with Gasteiger partial charge in [0.2, 0.25) is 5.95 Å². The number of nitrogens with zero attached hydrogens (tertiary/aromatic N) is 4. The summed E-state index contributed by atoms with van der Waals surface area (Å²) in [5.74, 6) is 0.209. The summed E-state index contributed by atoms with van der Waals surface area (Å²) in [6.07, 6.45) is 2.84. The Bertz CT molecular complexity index is 892. The molecule has 1 aromatic carbocycles. The lowest BCUT2D eigenvalue weighted by molar-refractivity contribution is 0.769. The molecule has 0 saturated heterocycles. The van der Waals surface area contributed by atoms with Crippen LogP contribution >= 0.6 is 0 Å². The molecule has 3 rings (SSSR count). The van der Waals surface area contributed by atoms with E-state index >= 15 is 0 Å². The van der Waals surface area contributed by atoms with Gasteiger partial charge in [-0.3, -0.25) is 9.78 Å². The summed E-state index contributed by atoms with van der Waals surface area (Å²) in [7, 11) is 0. The zero-order chi connectivity index (χ0) is 15.5. The second-order valence-corrected chi connectivity index (χ2v) is 4.81. The maximum Gasteiger partial charge on any atom is 0.271 e. The second kappa shape index (κ2) is 5.80. The number of benzene rings is 1. The van der Waals surface area contributed by atoms with E-state index in [1.165, 1.54) is 5.52 Å². The summed E-state index contributed by atoms with van der Waals surface area (Å²) in [4.78, 5) is 13.6. The molecule has 2 N–H and O–H groups in total. The number of hydrogen-bond acceptors (Lipinski definition) is 5. The molecule has 0 radical (unpaired) electrons. The van der Waals surface area contributed by atoms with Gasteiger partial charge in [-0.05, 0) is 19.9 Å². The normalized spacial score (nSPS) is 11.4. The summed E-state index contributed by atoms with van der Waals surface area (Å²) in [6, 6.07) is 8.20. The minimum Gasteiger partial charge on any atom is -0.344 e. The topological polar surface area (TPSA) is 88.0 Å². The molecule has 0 bridgehead atoms. The van der Waals surface area contributed by atoms with E-state index in [2.05, 4.69) is 56.3 Å². The van der Waals surface area contributed by atoms with E-state index < -0.39 is 0 Å². The molecule has 0 fully saturated rings. The molecule has 0 unspecified atom stereocenters. The highest BCUT2D eigenvalue weighted by molar-refractivity contribution is 6.01. The number of H-pyrrole nitrogens is 1. The van der Waals surface area contributed by atoms with Crippen molar-refractivity contribution in [3.05, 3.63) is 52.1 Å². The Kier molecular flexibility index (Phi) is 3.69. The average Bonchev–Trinajstić information content (AvgIpc) is 2.79. The number of aromatic nitrogens is 4. The van der Waals surface area contributed by atoms with Crippen molar-refractivity contribution in [3.63, 3.8) is 0 Å². The standard InChI is InChI=1S/C15H16N6O/c1-3-21-10(2)12(11-6-4-5-7-13(11)21)8-16-19-15-18-14(22)9-17-20-15/h4-9H,3H2,1-2H3,(H2,18,19,20,22)/b16-8+. The molecule has 0 atom stereocenters. The van der Waals surface area contributed by atoms with Gasteiger partial charge in [0.15, 0.2) is 0 Å². The maximum atomic E-state index is 11.1. The molecule has 0 aliphatic heterocycles. The summed E-state index contributed by atoms with van der Waals surface area (Å²) >= 11 is 0. The van der Waals surface area contributed by atoms with Crippen molar-refractivity contribution < 1.29 is 0 Å². The molecule has 7 heteroatoms. The van der Waals surface area contributed by atoms with Crippen LogP contribution < -0.4 is 11.0 Å². The first kappa shape index (κ1) is 14.0. The van der Waals surface area contributed by atoms with Gasteiger partial charge >= 0.3 is 0 Å². The third kappa shape index (κ3) is 2.48. The Hall–Kier alpha value is -2.96. The fourth-order valence-corrected chi connectivity index (χ4v) is 2.55. The van der Waals surface area contributed by atoms with Crippen molar-refractivity contribution >= 4 is 23.1 Å². The quantitative estimate of drug-likeness (QED) is 0.568. The Morgan fingerprint density at radius 1 is 1.41 bits per heavy atom. The predicted octanol–water partition coefficient (Wildman–Crippen LogP) is 1.89. The monoisotopic (exact) mass is 296 g/mol. The Labute approximate surface area is 126 Å². The number of para-hydroxylation sites is 1. The fraction of sp³-hybridized carbons (Fsp3) is 0.200. The molecule has 0 aliphatic carbocycles. The van der Waals surface area contributed by atoms with Crippen LogP contribution in [0, 0.1) is 6.92 Å². The number of nitrogens with one attached hydrogen (secondary N) is 2. The zero-order valence-corrected chi connectivity index (χ0v) is 12.4. The van der Waals surface area contributed by atoms with E-state index in [9.17, 15) is 4.79 Å². The molecular formula is C15H16N6O. The van der Waals surface area contributed by atoms with Gasteiger partial charge in [0, 0.05) is 28.7 Å². The van der Waals surface area contributed by atoms with Crippen molar-refractivity contribution in [1.82, 2.24) is 19.7 Å². The van der Waals surface area contributed by atoms with Crippen molar-refractivity contribution in [2.75, 3.05) is 5.43 Å². The van der Waals surface area contributed by atoms with Crippen LogP contribution in [0.25, 0.3) is 10.9 Å².